The van der Waals surface area contributed by atoms with Gasteiger partial charge in [-0.15, -0.1) is 0 Å². The zero-order valence-corrected chi connectivity index (χ0v) is 9.27. The van der Waals surface area contributed by atoms with Gasteiger partial charge in [-0.3, -0.25) is 0 Å². The molecule has 0 N–H and O–H groups in total. The van der Waals surface area contributed by atoms with Gasteiger partial charge in [0.2, 0.25) is 0 Å². The molecule has 1 aromatic carbocycles. The van der Waals surface area contributed by atoms with Gasteiger partial charge in [-0.1, -0.05) is 67.1 Å². The Balaban J connectivity index is 2.41. The molecule has 76 valence electrons. The minimum absolute atomic E-state index is 0.487. The Bertz CT molecular complexity index is 419. The summed E-state index contributed by atoms with van der Waals surface area (Å²) in [5.41, 5.74) is 4.03. The van der Waals surface area contributed by atoms with Gasteiger partial charge in [0.05, 0.1) is 0 Å². The summed E-state index contributed by atoms with van der Waals surface area (Å²) in [6, 6.07) is 10.6. The van der Waals surface area contributed by atoms with Crippen LogP contribution in [-0.2, 0) is 0 Å². The van der Waals surface area contributed by atoms with Crippen LogP contribution < -0.4 is 0 Å². The maximum absolute atomic E-state index is 2.26. The maximum atomic E-state index is 2.26. The zero-order chi connectivity index (χ0) is 10.7. The van der Waals surface area contributed by atoms with E-state index in [1.165, 1.54) is 16.7 Å². The molecule has 0 heterocycles. The van der Waals surface area contributed by atoms with E-state index in [0.717, 1.165) is 0 Å². The van der Waals surface area contributed by atoms with Crippen molar-refractivity contribution in [1.29, 1.82) is 0 Å². The van der Waals surface area contributed by atoms with Gasteiger partial charge >= 0.3 is 0 Å². The number of benzene rings is 1. The summed E-state index contributed by atoms with van der Waals surface area (Å²) in [6.07, 6.45) is 8.87. The van der Waals surface area contributed by atoms with Crippen LogP contribution in [0, 0.1) is 5.92 Å². The highest BCUT2D eigenvalue weighted by Gasteiger charge is 2.08. The number of hydrogen-bond acceptors (Lipinski definition) is 0. The average Bonchev–Trinajstić information content (AvgIpc) is 2.43. The highest BCUT2D eigenvalue weighted by Crippen LogP contribution is 2.26. The van der Waals surface area contributed by atoms with Crippen molar-refractivity contribution in [3.63, 3.8) is 0 Å². The van der Waals surface area contributed by atoms with E-state index in [1.54, 1.807) is 0 Å². The molecule has 15 heavy (non-hydrogen) atoms. The van der Waals surface area contributed by atoms with E-state index in [1.807, 2.05) is 0 Å². The molecule has 1 unspecified atom stereocenters. The normalized spacial score (nSPS) is 20.5. The van der Waals surface area contributed by atoms with E-state index in [0.29, 0.717) is 5.92 Å². The van der Waals surface area contributed by atoms with Gasteiger partial charge in [0.15, 0.2) is 0 Å². The maximum Gasteiger partial charge on any atom is -0.000129 e. The Morgan fingerprint density at radius 3 is 2.47 bits per heavy atom. The van der Waals surface area contributed by atoms with E-state index >= 15 is 0 Å². The van der Waals surface area contributed by atoms with Crippen LogP contribution in [0.25, 0.3) is 5.57 Å². The molecule has 0 fully saturated rings. The van der Waals surface area contributed by atoms with Crippen molar-refractivity contribution in [3.8, 4) is 0 Å². The van der Waals surface area contributed by atoms with Crippen LogP contribution >= 0.6 is 0 Å². The molecule has 1 aliphatic rings. The first-order valence-electron chi connectivity index (χ1n) is 5.39. The molecule has 0 aromatic heterocycles. The second-order valence-corrected chi connectivity index (χ2v) is 4.05. The molecule has 2 rings (SSSR count). The van der Waals surface area contributed by atoms with E-state index in [2.05, 4.69) is 68.5 Å². The summed E-state index contributed by atoms with van der Waals surface area (Å²) in [5, 5.41) is 0. The van der Waals surface area contributed by atoms with Crippen LogP contribution in [0.3, 0.4) is 0 Å². The van der Waals surface area contributed by atoms with Gasteiger partial charge in [0, 0.05) is 0 Å². The van der Waals surface area contributed by atoms with Crippen molar-refractivity contribution in [1.82, 2.24) is 0 Å². The Labute approximate surface area is 91.6 Å². The number of rotatable bonds is 1. The molecule has 0 radical (unpaired) electrons. The highest BCUT2D eigenvalue weighted by molar-refractivity contribution is 5.71. The molecule has 1 aliphatic carbocycles. The van der Waals surface area contributed by atoms with Gasteiger partial charge in [0.25, 0.3) is 0 Å². The van der Waals surface area contributed by atoms with Crippen LogP contribution in [0.4, 0.5) is 0 Å². The van der Waals surface area contributed by atoms with Gasteiger partial charge in [-0.05, 0) is 24.0 Å². The summed E-state index contributed by atoms with van der Waals surface area (Å²) in [4.78, 5) is 0. The van der Waals surface area contributed by atoms with Crippen LogP contribution in [-0.4, -0.2) is 0 Å². The lowest BCUT2D eigenvalue weighted by Crippen LogP contribution is -1.94. The summed E-state index contributed by atoms with van der Waals surface area (Å²) in [6.45, 7) is 4.37. The molecule has 0 saturated carbocycles. The molecule has 0 nitrogen and oxygen atoms in total. The molecule has 0 spiro atoms. The predicted octanol–water partition coefficient (Wildman–Crippen LogP) is 4.22. The Hall–Kier alpha value is -1.56. The largest absolute Gasteiger partial charge is 0.0770 e. The Kier molecular flexibility index (Phi) is 2.86. The summed E-state index contributed by atoms with van der Waals surface area (Å²) in [7, 11) is 0. The fraction of sp³-hybridized carbons (Fsp3) is 0.200. The zero-order valence-electron chi connectivity index (χ0n) is 9.27. The van der Waals surface area contributed by atoms with E-state index in [-0.39, 0.29) is 0 Å². The smallest absolute Gasteiger partial charge is 0.000129 e. The Morgan fingerprint density at radius 2 is 1.73 bits per heavy atom. The first-order chi connectivity index (χ1) is 7.27. The average molecular weight is 196 g/mol. The molecule has 0 bridgehead atoms. The topological polar surface area (TPSA) is 0 Å². The minimum atomic E-state index is 0.487. The summed E-state index contributed by atoms with van der Waals surface area (Å²) >= 11 is 0. The first kappa shape index (κ1) is 9.97. The van der Waals surface area contributed by atoms with Gasteiger partial charge in [-0.25, -0.2) is 0 Å². The third kappa shape index (κ3) is 2.27. The SMILES string of the molecule is CC1=CC=C(c2ccccc2)C(C)C=C1. The van der Waals surface area contributed by atoms with E-state index in [9.17, 15) is 0 Å². The standard InChI is InChI=1S/C15H16/c1-12-8-10-13(2)15(11-9-12)14-6-4-3-5-7-14/h3-11,13H,1-2H3. The van der Waals surface area contributed by atoms with E-state index < -0.39 is 0 Å². The summed E-state index contributed by atoms with van der Waals surface area (Å²) < 4.78 is 0. The lowest BCUT2D eigenvalue weighted by Gasteiger charge is -2.11. The van der Waals surface area contributed by atoms with Crippen LogP contribution in [0.5, 0.6) is 0 Å². The van der Waals surface area contributed by atoms with Gasteiger partial charge in [-0.2, -0.15) is 0 Å². The lowest BCUT2D eigenvalue weighted by molar-refractivity contribution is 0.965. The van der Waals surface area contributed by atoms with Gasteiger partial charge < -0.3 is 0 Å². The van der Waals surface area contributed by atoms with Crippen molar-refractivity contribution in [2.24, 2.45) is 5.92 Å². The van der Waals surface area contributed by atoms with Crippen LogP contribution in [0.15, 0.2) is 60.2 Å². The Morgan fingerprint density at radius 1 is 1.00 bits per heavy atom. The van der Waals surface area contributed by atoms with Crippen LogP contribution in [0.2, 0.25) is 0 Å². The predicted molar refractivity (Wildman–Crippen MR) is 66.5 cm³/mol. The minimum Gasteiger partial charge on any atom is -0.0770 e. The lowest BCUT2D eigenvalue weighted by atomic mass is 9.94. The summed E-state index contributed by atoms with van der Waals surface area (Å²) in [5.74, 6) is 0.487. The third-order valence-corrected chi connectivity index (χ3v) is 2.77. The number of hydrogen-bond donors (Lipinski definition) is 0. The van der Waals surface area contributed by atoms with Crippen molar-refractivity contribution in [2.45, 2.75) is 13.8 Å². The molecule has 0 amide bonds. The van der Waals surface area contributed by atoms with Crippen LogP contribution in [0.1, 0.15) is 19.4 Å². The molecule has 0 saturated heterocycles. The first-order valence-corrected chi connectivity index (χ1v) is 5.39. The van der Waals surface area contributed by atoms with Crippen molar-refractivity contribution >= 4 is 5.57 Å². The quantitative estimate of drug-likeness (QED) is 0.630. The second kappa shape index (κ2) is 4.31. The molecular formula is C15H16. The molecule has 0 heteroatoms. The van der Waals surface area contributed by atoms with Gasteiger partial charge in [0.1, 0.15) is 0 Å². The van der Waals surface area contributed by atoms with Crippen molar-refractivity contribution < 1.29 is 0 Å². The highest BCUT2D eigenvalue weighted by atomic mass is 14.1. The number of allylic oxidation sites excluding steroid dienone is 6. The monoisotopic (exact) mass is 196 g/mol. The molecule has 1 aromatic rings. The van der Waals surface area contributed by atoms with E-state index in [4.69, 9.17) is 0 Å². The fourth-order valence-corrected chi connectivity index (χ4v) is 1.82. The molecular weight excluding hydrogens is 180 g/mol. The fourth-order valence-electron chi connectivity index (χ4n) is 1.82. The molecule has 0 aliphatic heterocycles. The molecule has 1 atom stereocenters. The second-order valence-electron chi connectivity index (χ2n) is 4.05. The third-order valence-electron chi connectivity index (χ3n) is 2.77. The van der Waals surface area contributed by atoms with Crippen molar-refractivity contribution in [3.05, 3.63) is 65.8 Å². The van der Waals surface area contributed by atoms with Crippen molar-refractivity contribution in [2.75, 3.05) is 0 Å².